The zero-order valence-electron chi connectivity index (χ0n) is 15.0. The maximum atomic E-state index is 12.6. The number of carbonyl (C=O) groups is 1. The molecular formula is C18H18ClN3O4S. The zero-order valence-corrected chi connectivity index (χ0v) is 16.5. The van der Waals surface area contributed by atoms with Crippen molar-refractivity contribution >= 4 is 44.1 Å². The minimum Gasteiger partial charge on any atom is -0.495 e. The highest BCUT2D eigenvalue weighted by Gasteiger charge is 2.24. The molecule has 0 spiro atoms. The molecule has 0 aliphatic carbocycles. The molecule has 142 valence electrons. The number of methoxy groups -OCH3 is 1. The lowest BCUT2D eigenvalue weighted by Gasteiger charge is -2.12. The van der Waals surface area contributed by atoms with Crippen molar-refractivity contribution in [3.8, 4) is 5.75 Å². The summed E-state index contributed by atoms with van der Waals surface area (Å²) in [5.74, 6) is -1.11. The van der Waals surface area contributed by atoms with E-state index in [4.69, 9.17) is 16.3 Å². The Labute approximate surface area is 161 Å². The summed E-state index contributed by atoms with van der Waals surface area (Å²) >= 11 is 6.04. The number of ether oxygens (including phenoxy) is 1. The standard InChI is InChI=1S/C18H18ClN3O4S/c1-10-4-5-13-14(6-10)22-18(21-13)27(24,25)9-17(23)20-15-7-11(2)12(19)8-16(15)26-3/h4-8H,9H2,1-3H3,(H,20,23)(H,21,22). The number of nitrogens with zero attached hydrogens (tertiary/aromatic N) is 1. The number of carbonyl (C=O) groups excluding carboxylic acids is 1. The summed E-state index contributed by atoms with van der Waals surface area (Å²) in [4.78, 5) is 19.2. The van der Waals surface area contributed by atoms with E-state index in [9.17, 15) is 13.2 Å². The molecule has 27 heavy (non-hydrogen) atoms. The SMILES string of the molecule is COc1cc(Cl)c(C)cc1NC(=O)CS(=O)(=O)c1nc2ccc(C)cc2[nH]1. The summed E-state index contributed by atoms with van der Waals surface area (Å²) in [6.07, 6.45) is 0. The van der Waals surface area contributed by atoms with Gasteiger partial charge in [0.2, 0.25) is 20.9 Å². The van der Waals surface area contributed by atoms with Gasteiger partial charge in [0.15, 0.2) is 0 Å². The highest BCUT2D eigenvalue weighted by Crippen LogP contribution is 2.31. The number of sulfone groups is 1. The highest BCUT2D eigenvalue weighted by molar-refractivity contribution is 7.92. The predicted molar refractivity (Wildman–Crippen MR) is 104 cm³/mol. The lowest BCUT2D eigenvalue weighted by Crippen LogP contribution is -2.24. The maximum Gasteiger partial charge on any atom is 0.240 e. The van der Waals surface area contributed by atoms with E-state index in [0.717, 1.165) is 11.1 Å². The van der Waals surface area contributed by atoms with Crippen molar-refractivity contribution in [1.82, 2.24) is 9.97 Å². The molecule has 0 aliphatic rings. The Morgan fingerprint density at radius 1 is 1.26 bits per heavy atom. The molecule has 0 atom stereocenters. The summed E-state index contributed by atoms with van der Waals surface area (Å²) < 4.78 is 30.3. The first-order valence-corrected chi connectivity index (χ1v) is 10.1. The molecule has 0 bridgehead atoms. The molecule has 0 aliphatic heterocycles. The van der Waals surface area contributed by atoms with Crippen LogP contribution in [0.1, 0.15) is 11.1 Å². The van der Waals surface area contributed by atoms with Gasteiger partial charge in [0.25, 0.3) is 0 Å². The number of imidazole rings is 1. The summed E-state index contributed by atoms with van der Waals surface area (Å²) in [5.41, 5.74) is 3.17. The minimum absolute atomic E-state index is 0.238. The Hall–Kier alpha value is -2.58. The van der Waals surface area contributed by atoms with E-state index in [1.807, 2.05) is 13.0 Å². The number of halogens is 1. The molecule has 0 saturated carbocycles. The molecule has 1 amide bonds. The van der Waals surface area contributed by atoms with Crippen molar-refractivity contribution in [1.29, 1.82) is 0 Å². The number of hydrogen-bond acceptors (Lipinski definition) is 5. The molecule has 0 fully saturated rings. The molecular weight excluding hydrogens is 390 g/mol. The third-order valence-corrected chi connectivity index (χ3v) is 5.82. The number of hydrogen-bond donors (Lipinski definition) is 2. The number of aromatic amines is 1. The van der Waals surface area contributed by atoms with Crippen LogP contribution in [0.25, 0.3) is 11.0 Å². The molecule has 1 heterocycles. The Morgan fingerprint density at radius 3 is 2.70 bits per heavy atom. The normalized spacial score (nSPS) is 11.6. The van der Waals surface area contributed by atoms with E-state index in [-0.39, 0.29) is 5.16 Å². The van der Waals surface area contributed by atoms with Gasteiger partial charge in [0, 0.05) is 11.1 Å². The molecule has 9 heteroatoms. The van der Waals surface area contributed by atoms with Crippen LogP contribution in [-0.2, 0) is 14.6 Å². The van der Waals surface area contributed by atoms with Gasteiger partial charge in [-0.05, 0) is 43.2 Å². The monoisotopic (exact) mass is 407 g/mol. The second-order valence-corrected chi connectivity index (χ2v) is 8.48. The minimum atomic E-state index is -3.94. The lowest BCUT2D eigenvalue weighted by molar-refractivity contribution is -0.113. The van der Waals surface area contributed by atoms with E-state index < -0.39 is 21.5 Å². The summed E-state index contributed by atoms with van der Waals surface area (Å²) in [6, 6.07) is 8.53. The highest BCUT2D eigenvalue weighted by atomic mass is 35.5. The molecule has 7 nitrogen and oxygen atoms in total. The zero-order chi connectivity index (χ0) is 19.8. The van der Waals surface area contributed by atoms with Gasteiger partial charge >= 0.3 is 0 Å². The van der Waals surface area contributed by atoms with Crippen molar-refractivity contribution < 1.29 is 17.9 Å². The van der Waals surface area contributed by atoms with Crippen molar-refractivity contribution in [2.24, 2.45) is 0 Å². The van der Waals surface area contributed by atoms with E-state index in [1.54, 1.807) is 31.2 Å². The first-order chi connectivity index (χ1) is 12.7. The molecule has 0 radical (unpaired) electrons. The first kappa shape index (κ1) is 19.2. The second kappa shape index (κ2) is 7.21. The van der Waals surface area contributed by atoms with Gasteiger partial charge in [-0.3, -0.25) is 4.79 Å². The molecule has 2 N–H and O–H groups in total. The predicted octanol–water partition coefficient (Wildman–Crippen LogP) is 3.25. The van der Waals surface area contributed by atoms with E-state index >= 15 is 0 Å². The fraction of sp³-hybridized carbons (Fsp3) is 0.222. The van der Waals surface area contributed by atoms with Crippen molar-refractivity contribution in [2.75, 3.05) is 18.2 Å². The van der Waals surface area contributed by atoms with Gasteiger partial charge in [-0.1, -0.05) is 17.7 Å². The van der Waals surface area contributed by atoms with Gasteiger partial charge in [0.1, 0.15) is 11.5 Å². The third-order valence-electron chi connectivity index (χ3n) is 3.99. The van der Waals surface area contributed by atoms with Crippen molar-refractivity contribution in [3.63, 3.8) is 0 Å². The average Bonchev–Trinajstić information content (AvgIpc) is 3.01. The second-order valence-electron chi connectivity index (χ2n) is 6.17. The molecule has 2 aromatic carbocycles. The number of anilines is 1. The van der Waals surface area contributed by atoms with Crippen LogP contribution in [0.4, 0.5) is 5.69 Å². The van der Waals surface area contributed by atoms with Crippen LogP contribution in [0.3, 0.4) is 0 Å². The van der Waals surface area contributed by atoms with Gasteiger partial charge in [-0.25, -0.2) is 13.4 Å². The smallest absolute Gasteiger partial charge is 0.240 e. The van der Waals surface area contributed by atoms with Gasteiger partial charge in [0.05, 0.1) is 23.8 Å². The van der Waals surface area contributed by atoms with Crippen molar-refractivity contribution in [2.45, 2.75) is 19.0 Å². The van der Waals surface area contributed by atoms with Crippen LogP contribution in [0.5, 0.6) is 5.75 Å². The third kappa shape index (κ3) is 4.06. The van der Waals surface area contributed by atoms with E-state index in [0.29, 0.717) is 27.5 Å². The van der Waals surface area contributed by atoms with E-state index in [2.05, 4.69) is 15.3 Å². The fourth-order valence-electron chi connectivity index (χ4n) is 2.60. The van der Waals surface area contributed by atoms with Crippen molar-refractivity contribution in [3.05, 3.63) is 46.5 Å². The van der Waals surface area contributed by atoms with Gasteiger partial charge < -0.3 is 15.0 Å². The largest absolute Gasteiger partial charge is 0.495 e. The molecule has 0 unspecified atom stereocenters. The van der Waals surface area contributed by atoms with Crippen LogP contribution in [0.2, 0.25) is 5.02 Å². The maximum absolute atomic E-state index is 12.6. The van der Waals surface area contributed by atoms with Crippen LogP contribution < -0.4 is 10.1 Å². The topological polar surface area (TPSA) is 101 Å². The number of aryl methyl sites for hydroxylation is 2. The summed E-state index contributed by atoms with van der Waals surface area (Å²) in [7, 11) is -2.50. The molecule has 1 aromatic heterocycles. The van der Waals surface area contributed by atoms with Gasteiger partial charge in [-0.15, -0.1) is 0 Å². The lowest BCUT2D eigenvalue weighted by atomic mass is 10.2. The fourth-order valence-corrected chi connectivity index (χ4v) is 3.82. The molecule has 3 rings (SSSR count). The molecule has 0 saturated heterocycles. The Bertz CT molecular complexity index is 1140. The summed E-state index contributed by atoms with van der Waals surface area (Å²) in [5, 5.41) is 2.80. The number of aromatic nitrogens is 2. The number of nitrogens with one attached hydrogen (secondary N) is 2. The quantitative estimate of drug-likeness (QED) is 0.676. The average molecular weight is 408 g/mol. The van der Waals surface area contributed by atoms with Crippen LogP contribution in [0, 0.1) is 13.8 Å². The first-order valence-electron chi connectivity index (χ1n) is 8.03. The van der Waals surface area contributed by atoms with Gasteiger partial charge in [-0.2, -0.15) is 0 Å². The van der Waals surface area contributed by atoms with Crippen LogP contribution >= 0.6 is 11.6 Å². The number of fused-ring (bicyclic) bond motifs is 1. The number of benzene rings is 2. The Morgan fingerprint density at radius 2 is 2.00 bits per heavy atom. The van der Waals surface area contributed by atoms with E-state index in [1.165, 1.54) is 7.11 Å². The summed E-state index contributed by atoms with van der Waals surface area (Å²) in [6.45, 7) is 3.66. The van der Waals surface area contributed by atoms with Crippen LogP contribution in [0.15, 0.2) is 35.5 Å². The number of rotatable bonds is 5. The number of H-pyrrole nitrogens is 1. The molecule has 3 aromatic rings. The Kier molecular flexibility index (Phi) is 5.12. The number of amides is 1. The Balaban J connectivity index is 1.83. The van der Waals surface area contributed by atoms with Crippen LogP contribution in [-0.4, -0.2) is 37.2 Å².